The molecule has 0 unspecified atom stereocenters. The van der Waals surface area contributed by atoms with Crippen LogP contribution in [0.25, 0.3) is 0 Å². The van der Waals surface area contributed by atoms with E-state index in [0.29, 0.717) is 23.0 Å². The molecule has 2 aromatic rings. The normalized spacial score (nSPS) is 13.9. The first-order valence-corrected chi connectivity index (χ1v) is 7.14. The summed E-state index contributed by atoms with van der Waals surface area (Å²) in [5.74, 6) is -1.02. The van der Waals surface area contributed by atoms with Crippen molar-refractivity contribution < 1.29 is 9.59 Å². The van der Waals surface area contributed by atoms with Crippen LogP contribution in [0.3, 0.4) is 0 Å². The van der Waals surface area contributed by atoms with Gasteiger partial charge in [0.15, 0.2) is 5.16 Å². The maximum absolute atomic E-state index is 11.7. The van der Waals surface area contributed by atoms with Crippen LogP contribution in [0.1, 0.15) is 17.3 Å². The first-order chi connectivity index (χ1) is 10.0. The molecule has 1 aromatic carbocycles. The summed E-state index contributed by atoms with van der Waals surface area (Å²) in [6.07, 6.45) is 0. The van der Waals surface area contributed by atoms with E-state index in [-0.39, 0.29) is 5.69 Å². The number of likely N-dealkylation sites (N-methyl/N-ethyl adjacent to an activating group) is 1. The summed E-state index contributed by atoms with van der Waals surface area (Å²) in [7, 11) is 1.57. The van der Waals surface area contributed by atoms with Gasteiger partial charge in [-0.1, -0.05) is 0 Å². The highest BCUT2D eigenvalue weighted by atomic mass is 32.2. The number of ketones is 1. The largest absolute Gasteiger partial charge is 0.343 e. The summed E-state index contributed by atoms with van der Waals surface area (Å²) < 4.78 is 1.51. The Kier molecular flexibility index (Phi) is 3.17. The fraction of sp³-hybridized carbons (Fsp3) is 0.231. The number of nitrogens with one attached hydrogen (secondary N) is 1. The number of Topliss-reactive ketones (excluding diaryl/α,β-unsaturated/α-hetero) is 1. The SMILES string of the molecule is CCn1c(Sc2ccc3c(c2)N(C)C(=O)C3=O)n[nH]c1=O. The van der Waals surface area contributed by atoms with Gasteiger partial charge < -0.3 is 4.90 Å². The molecule has 1 aliphatic rings. The van der Waals surface area contributed by atoms with Gasteiger partial charge in [0.2, 0.25) is 0 Å². The standard InChI is InChI=1S/C13H12N4O3S/c1-3-17-12(20)14-15-13(17)21-7-4-5-8-9(6-7)16(2)11(19)10(8)18/h4-6H,3H2,1-2H3,(H,14,20). The quantitative estimate of drug-likeness (QED) is 0.851. The van der Waals surface area contributed by atoms with Gasteiger partial charge >= 0.3 is 5.69 Å². The molecule has 0 atom stereocenters. The van der Waals surface area contributed by atoms with E-state index < -0.39 is 11.7 Å². The molecule has 0 aliphatic carbocycles. The van der Waals surface area contributed by atoms with Gasteiger partial charge in [0, 0.05) is 18.5 Å². The molecule has 1 N–H and O–H groups in total. The molecule has 0 bridgehead atoms. The van der Waals surface area contributed by atoms with Crippen molar-refractivity contribution >= 4 is 29.1 Å². The van der Waals surface area contributed by atoms with E-state index in [2.05, 4.69) is 10.2 Å². The van der Waals surface area contributed by atoms with Crippen LogP contribution in [0.5, 0.6) is 0 Å². The van der Waals surface area contributed by atoms with Crippen molar-refractivity contribution in [2.45, 2.75) is 23.5 Å². The highest BCUT2D eigenvalue weighted by Crippen LogP contribution is 2.34. The lowest BCUT2D eigenvalue weighted by molar-refractivity contribution is -0.114. The molecule has 2 heterocycles. The predicted molar refractivity (Wildman–Crippen MR) is 76.8 cm³/mol. The molecule has 0 saturated heterocycles. The van der Waals surface area contributed by atoms with Crippen molar-refractivity contribution in [3.05, 3.63) is 34.2 Å². The number of aromatic nitrogens is 3. The van der Waals surface area contributed by atoms with Gasteiger partial charge in [-0.2, -0.15) is 0 Å². The molecular formula is C13H12N4O3S. The van der Waals surface area contributed by atoms with E-state index in [1.807, 2.05) is 6.92 Å². The van der Waals surface area contributed by atoms with E-state index >= 15 is 0 Å². The van der Waals surface area contributed by atoms with E-state index in [4.69, 9.17) is 0 Å². The summed E-state index contributed by atoms with van der Waals surface area (Å²) in [6, 6.07) is 5.12. The van der Waals surface area contributed by atoms with Crippen LogP contribution in [0.4, 0.5) is 5.69 Å². The molecule has 8 heteroatoms. The average Bonchev–Trinajstić information content (AvgIpc) is 2.93. The second-order valence-electron chi connectivity index (χ2n) is 4.53. The Hall–Kier alpha value is -2.35. The number of carbonyl (C=O) groups excluding carboxylic acids is 2. The lowest BCUT2D eigenvalue weighted by Gasteiger charge is -2.10. The lowest BCUT2D eigenvalue weighted by Crippen LogP contribution is -2.24. The van der Waals surface area contributed by atoms with Crippen LogP contribution in [0.2, 0.25) is 0 Å². The average molecular weight is 304 g/mol. The molecule has 3 rings (SSSR count). The zero-order valence-electron chi connectivity index (χ0n) is 11.4. The molecule has 7 nitrogen and oxygen atoms in total. The summed E-state index contributed by atoms with van der Waals surface area (Å²) in [6.45, 7) is 2.37. The second-order valence-corrected chi connectivity index (χ2v) is 5.57. The van der Waals surface area contributed by atoms with E-state index in [0.717, 1.165) is 4.90 Å². The molecule has 1 amide bonds. The number of amides is 1. The first kappa shape index (κ1) is 13.6. The van der Waals surface area contributed by atoms with Crippen molar-refractivity contribution in [3.63, 3.8) is 0 Å². The topological polar surface area (TPSA) is 88.1 Å². The molecule has 0 saturated carbocycles. The second kappa shape index (κ2) is 4.88. The van der Waals surface area contributed by atoms with Crippen molar-refractivity contribution in [2.75, 3.05) is 11.9 Å². The minimum atomic E-state index is -0.530. The fourth-order valence-corrected chi connectivity index (χ4v) is 3.12. The monoisotopic (exact) mass is 304 g/mol. The summed E-state index contributed by atoms with van der Waals surface area (Å²) in [4.78, 5) is 37.0. The molecule has 0 spiro atoms. The molecule has 0 fully saturated rings. The first-order valence-electron chi connectivity index (χ1n) is 6.32. The van der Waals surface area contributed by atoms with Crippen LogP contribution in [0.15, 0.2) is 33.0 Å². The maximum atomic E-state index is 11.7. The summed E-state index contributed by atoms with van der Waals surface area (Å²) in [5.41, 5.74) is 0.723. The number of benzene rings is 1. The van der Waals surface area contributed by atoms with Crippen molar-refractivity contribution in [2.24, 2.45) is 0 Å². The Labute approximate surface area is 124 Å². The van der Waals surface area contributed by atoms with E-state index in [9.17, 15) is 14.4 Å². The fourth-order valence-electron chi connectivity index (χ4n) is 2.19. The van der Waals surface area contributed by atoms with E-state index in [1.54, 1.807) is 25.2 Å². The number of fused-ring (bicyclic) bond motifs is 1. The van der Waals surface area contributed by atoms with Gasteiger partial charge in [-0.3, -0.25) is 14.2 Å². The van der Waals surface area contributed by atoms with Gasteiger partial charge in [0.25, 0.3) is 11.7 Å². The predicted octanol–water partition coefficient (Wildman–Crippen LogP) is 0.902. The molecular weight excluding hydrogens is 292 g/mol. The molecule has 0 radical (unpaired) electrons. The van der Waals surface area contributed by atoms with Crippen LogP contribution in [-0.4, -0.2) is 33.5 Å². The minimum absolute atomic E-state index is 0.261. The number of nitrogens with zero attached hydrogens (tertiary/aromatic N) is 3. The van der Waals surface area contributed by atoms with Crippen LogP contribution < -0.4 is 10.6 Å². The zero-order chi connectivity index (χ0) is 15.1. The Morgan fingerprint density at radius 2 is 2.05 bits per heavy atom. The van der Waals surface area contributed by atoms with Crippen LogP contribution >= 0.6 is 11.8 Å². The third-order valence-electron chi connectivity index (χ3n) is 3.32. The molecule has 1 aliphatic heterocycles. The number of hydrogen-bond acceptors (Lipinski definition) is 5. The number of carbonyl (C=O) groups is 2. The number of anilines is 1. The smallest absolute Gasteiger partial charge is 0.308 e. The molecule has 108 valence electrons. The highest BCUT2D eigenvalue weighted by molar-refractivity contribution is 7.99. The third kappa shape index (κ3) is 2.07. The third-order valence-corrected chi connectivity index (χ3v) is 4.31. The van der Waals surface area contributed by atoms with Crippen LogP contribution in [0, 0.1) is 0 Å². The van der Waals surface area contributed by atoms with Crippen molar-refractivity contribution in [1.29, 1.82) is 0 Å². The summed E-state index contributed by atoms with van der Waals surface area (Å²) >= 11 is 1.30. The highest BCUT2D eigenvalue weighted by Gasteiger charge is 2.33. The zero-order valence-corrected chi connectivity index (χ0v) is 12.2. The van der Waals surface area contributed by atoms with Gasteiger partial charge in [-0.15, -0.1) is 5.10 Å². The molecule has 1 aromatic heterocycles. The Morgan fingerprint density at radius 1 is 1.29 bits per heavy atom. The number of hydrogen-bond donors (Lipinski definition) is 1. The number of aromatic amines is 1. The van der Waals surface area contributed by atoms with Crippen LogP contribution in [-0.2, 0) is 11.3 Å². The molecule has 21 heavy (non-hydrogen) atoms. The van der Waals surface area contributed by atoms with Gasteiger partial charge in [0.05, 0.1) is 11.3 Å². The number of rotatable bonds is 3. The van der Waals surface area contributed by atoms with E-state index in [1.165, 1.54) is 21.2 Å². The Balaban J connectivity index is 1.97. The lowest BCUT2D eigenvalue weighted by atomic mass is 10.1. The van der Waals surface area contributed by atoms with Gasteiger partial charge in [-0.05, 0) is 36.9 Å². The van der Waals surface area contributed by atoms with Crippen molar-refractivity contribution in [3.8, 4) is 0 Å². The minimum Gasteiger partial charge on any atom is -0.308 e. The maximum Gasteiger partial charge on any atom is 0.343 e. The van der Waals surface area contributed by atoms with Gasteiger partial charge in [0.1, 0.15) is 0 Å². The Bertz CT molecular complexity index is 808. The summed E-state index contributed by atoms with van der Waals surface area (Å²) in [5, 5.41) is 6.91. The number of H-pyrrole nitrogens is 1. The Morgan fingerprint density at radius 3 is 2.76 bits per heavy atom. The van der Waals surface area contributed by atoms with Gasteiger partial charge in [-0.25, -0.2) is 9.89 Å². The van der Waals surface area contributed by atoms with Crippen molar-refractivity contribution in [1.82, 2.24) is 14.8 Å².